The fourth-order valence-electron chi connectivity index (χ4n) is 0.304. The van der Waals surface area contributed by atoms with Gasteiger partial charge in [-0.05, 0) is 10.8 Å². The molecule has 0 spiro atoms. The SMILES string of the molecule is BrCCSC=CSCCBr. The highest BCUT2D eigenvalue weighted by molar-refractivity contribution is 9.09. The predicted molar refractivity (Wildman–Crippen MR) is 61.6 cm³/mol. The Hall–Kier alpha value is 1.40. The minimum Gasteiger partial charge on any atom is -0.133 e. The molecule has 60 valence electrons. The molecule has 0 fully saturated rings. The van der Waals surface area contributed by atoms with Crippen LogP contribution in [0.5, 0.6) is 0 Å². The molecule has 0 aliphatic heterocycles. The number of hydrogen-bond acceptors (Lipinski definition) is 2. The Labute approximate surface area is 87.9 Å². The molecular formula is C6H10Br2S2. The largest absolute Gasteiger partial charge is 0.133 e. The molecule has 0 heterocycles. The maximum absolute atomic E-state index is 3.36. The van der Waals surface area contributed by atoms with Crippen LogP contribution in [0.25, 0.3) is 0 Å². The van der Waals surface area contributed by atoms with Gasteiger partial charge in [-0.2, -0.15) is 0 Å². The van der Waals surface area contributed by atoms with E-state index < -0.39 is 0 Å². The lowest BCUT2D eigenvalue weighted by atomic mass is 11.0. The summed E-state index contributed by atoms with van der Waals surface area (Å²) in [4.78, 5) is 0. The molecule has 0 rings (SSSR count). The summed E-state index contributed by atoms with van der Waals surface area (Å²) < 4.78 is 0. The standard InChI is InChI=1S/C6H10Br2S2/c7-1-3-9-5-6-10-4-2-8/h5-6H,1-4H2. The Balaban J connectivity index is 2.89. The molecule has 0 aliphatic rings. The molecule has 4 heteroatoms. The van der Waals surface area contributed by atoms with E-state index in [-0.39, 0.29) is 0 Å². The zero-order valence-corrected chi connectivity index (χ0v) is 10.4. The summed E-state index contributed by atoms with van der Waals surface area (Å²) in [6, 6.07) is 0. The average molecular weight is 306 g/mol. The van der Waals surface area contributed by atoms with E-state index in [1.165, 1.54) is 0 Å². The summed E-state index contributed by atoms with van der Waals surface area (Å²) in [6.45, 7) is 0. The molecule has 10 heavy (non-hydrogen) atoms. The van der Waals surface area contributed by atoms with E-state index in [0.717, 1.165) is 22.2 Å². The van der Waals surface area contributed by atoms with Crippen LogP contribution in [0, 0.1) is 0 Å². The van der Waals surface area contributed by atoms with Crippen LogP contribution in [0.4, 0.5) is 0 Å². The molecule has 0 unspecified atom stereocenters. The average Bonchev–Trinajstić information content (AvgIpc) is 1.97. The van der Waals surface area contributed by atoms with Crippen molar-refractivity contribution in [2.75, 3.05) is 22.2 Å². The molecule has 0 atom stereocenters. The quantitative estimate of drug-likeness (QED) is 0.542. The van der Waals surface area contributed by atoms with Gasteiger partial charge >= 0.3 is 0 Å². The summed E-state index contributed by atoms with van der Waals surface area (Å²) in [7, 11) is 0. The Kier molecular flexibility index (Phi) is 11.9. The van der Waals surface area contributed by atoms with Gasteiger partial charge in [0.15, 0.2) is 0 Å². The topological polar surface area (TPSA) is 0 Å². The smallest absolute Gasteiger partial charge is 0.0126 e. The first-order valence-electron chi connectivity index (χ1n) is 2.92. The summed E-state index contributed by atoms with van der Waals surface area (Å²) >= 11 is 10.4. The Morgan fingerprint density at radius 2 is 1.30 bits per heavy atom. The third-order valence-electron chi connectivity index (χ3n) is 0.638. The van der Waals surface area contributed by atoms with Crippen molar-refractivity contribution in [1.29, 1.82) is 0 Å². The Morgan fingerprint density at radius 1 is 0.900 bits per heavy atom. The lowest BCUT2D eigenvalue weighted by molar-refractivity contribution is 1.59. The third kappa shape index (κ3) is 9.40. The first-order chi connectivity index (χ1) is 4.91. The molecule has 0 aromatic rings. The highest BCUT2D eigenvalue weighted by Crippen LogP contribution is 2.09. The Morgan fingerprint density at radius 3 is 1.60 bits per heavy atom. The molecule has 0 saturated carbocycles. The van der Waals surface area contributed by atoms with Crippen molar-refractivity contribution in [1.82, 2.24) is 0 Å². The zero-order valence-electron chi connectivity index (χ0n) is 5.56. The van der Waals surface area contributed by atoms with E-state index in [4.69, 9.17) is 0 Å². The first-order valence-corrected chi connectivity index (χ1v) is 7.26. The van der Waals surface area contributed by atoms with Crippen LogP contribution in [0.1, 0.15) is 0 Å². The third-order valence-corrected chi connectivity index (χ3v) is 4.19. The van der Waals surface area contributed by atoms with Crippen LogP contribution >= 0.6 is 55.4 Å². The van der Waals surface area contributed by atoms with Gasteiger partial charge in [0.2, 0.25) is 0 Å². The summed E-state index contributed by atoms with van der Waals surface area (Å²) in [6.07, 6.45) is 0. The molecule has 0 radical (unpaired) electrons. The number of rotatable bonds is 6. The van der Waals surface area contributed by atoms with E-state index >= 15 is 0 Å². The molecule has 0 aromatic carbocycles. The van der Waals surface area contributed by atoms with Crippen molar-refractivity contribution in [2.45, 2.75) is 0 Å². The fourth-order valence-corrected chi connectivity index (χ4v) is 2.50. The monoisotopic (exact) mass is 304 g/mol. The van der Waals surface area contributed by atoms with Crippen LogP contribution in [0.15, 0.2) is 10.8 Å². The van der Waals surface area contributed by atoms with Crippen LogP contribution in [0.2, 0.25) is 0 Å². The summed E-state index contributed by atoms with van der Waals surface area (Å²) in [5.41, 5.74) is 0. The maximum atomic E-state index is 3.36. The minimum absolute atomic E-state index is 1.07. The van der Waals surface area contributed by atoms with Crippen molar-refractivity contribution < 1.29 is 0 Å². The van der Waals surface area contributed by atoms with Gasteiger partial charge in [-0.3, -0.25) is 0 Å². The highest BCUT2D eigenvalue weighted by atomic mass is 79.9. The van der Waals surface area contributed by atoms with Gasteiger partial charge in [0.1, 0.15) is 0 Å². The van der Waals surface area contributed by atoms with Gasteiger partial charge in [-0.1, -0.05) is 31.9 Å². The second-order valence-electron chi connectivity index (χ2n) is 1.39. The van der Waals surface area contributed by atoms with Gasteiger partial charge in [-0.25, -0.2) is 0 Å². The molecule has 0 N–H and O–H groups in total. The van der Waals surface area contributed by atoms with Crippen molar-refractivity contribution in [3.05, 3.63) is 10.8 Å². The van der Waals surface area contributed by atoms with E-state index in [9.17, 15) is 0 Å². The van der Waals surface area contributed by atoms with Gasteiger partial charge in [0.25, 0.3) is 0 Å². The number of hydrogen-bond donors (Lipinski definition) is 0. The molecule has 0 amide bonds. The van der Waals surface area contributed by atoms with Crippen molar-refractivity contribution >= 4 is 55.4 Å². The number of halogens is 2. The normalized spacial score (nSPS) is 11.0. The van der Waals surface area contributed by atoms with Crippen LogP contribution in [-0.2, 0) is 0 Å². The summed E-state index contributed by atoms with van der Waals surface area (Å²) in [5.74, 6) is 2.32. The van der Waals surface area contributed by atoms with Crippen LogP contribution < -0.4 is 0 Å². The van der Waals surface area contributed by atoms with Crippen molar-refractivity contribution in [3.63, 3.8) is 0 Å². The van der Waals surface area contributed by atoms with Crippen LogP contribution in [0.3, 0.4) is 0 Å². The molecule has 0 saturated heterocycles. The maximum Gasteiger partial charge on any atom is 0.0126 e. The number of thioether (sulfide) groups is 2. The van der Waals surface area contributed by atoms with E-state index in [0.29, 0.717) is 0 Å². The molecule has 0 aliphatic carbocycles. The lowest BCUT2D eigenvalue weighted by Gasteiger charge is -1.88. The highest BCUT2D eigenvalue weighted by Gasteiger charge is 1.80. The molecular weight excluding hydrogens is 296 g/mol. The van der Waals surface area contributed by atoms with E-state index in [1.54, 1.807) is 0 Å². The minimum atomic E-state index is 1.07. The van der Waals surface area contributed by atoms with E-state index in [2.05, 4.69) is 42.7 Å². The van der Waals surface area contributed by atoms with Gasteiger partial charge < -0.3 is 0 Å². The van der Waals surface area contributed by atoms with E-state index in [1.807, 2.05) is 23.5 Å². The number of alkyl halides is 2. The van der Waals surface area contributed by atoms with Gasteiger partial charge in [-0.15, -0.1) is 23.5 Å². The second-order valence-corrected chi connectivity index (χ2v) is 5.01. The molecule has 0 nitrogen and oxygen atoms in total. The Bertz CT molecular complexity index is 75.8. The predicted octanol–water partition coefficient (Wildman–Crippen LogP) is 3.71. The second kappa shape index (κ2) is 10.4. The summed E-state index contributed by atoms with van der Waals surface area (Å²) in [5, 5.41) is 6.44. The fraction of sp³-hybridized carbons (Fsp3) is 0.667. The van der Waals surface area contributed by atoms with Crippen molar-refractivity contribution in [3.8, 4) is 0 Å². The van der Waals surface area contributed by atoms with Gasteiger partial charge in [0, 0.05) is 22.2 Å². The molecule has 0 aromatic heterocycles. The van der Waals surface area contributed by atoms with Crippen LogP contribution in [-0.4, -0.2) is 22.2 Å². The zero-order chi connectivity index (χ0) is 7.66. The van der Waals surface area contributed by atoms with Crippen molar-refractivity contribution in [2.24, 2.45) is 0 Å². The first kappa shape index (κ1) is 11.4. The molecule has 0 bridgehead atoms. The van der Waals surface area contributed by atoms with Gasteiger partial charge in [0.05, 0.1) is 0 Å². The lowest BCUT2D eigenvalue weighted by Crippen LogP contribution is -1.73.